The van der Waals surface area contributed by atoms with Gasteiger partial charge in [-0.15, -0.1) is 5.10 Å². The summed E-state index contributed by atoms with van der Waals surface area (Å²) >= 11 is 5.91. The number of aryl methyl sites for hydroxylation is 1. The first-order valence-electron chi connectivity index (χ1n) is 13.3. The molecule has 2 aliphatic carbocycles. The van der Waals surface area contributed by atoms with Crippen molar-refractivity contribution < 1.29 is 9.59 Å². The molecule has 0 aromatic carbocycles. The Morgan fingerprint density at radius 1 is 1.36 bits per heavy atom. The Morgan fingerprint density at radius 2 is 2.13 bits per heavy atom. The molecule has 3 unspecified atom stereocenters. The van der Waals surface area contributed by atoms with Gasteiger partial charge in [0, 0.05) is 34.8 Å². The number of amides is 2. The number of nitrogens with zero attached hydrogens (tertiary/aromatic N) is 6. The van der Waals surface area contributed by atoms with Gasteiger partial charge < -0.3 is 5.32 Å². The molecule has 2 aromatic heterocycles. The van der Waals surface area contributed by atoms with Crippen LogP contribution in [0.5, 0.6) is 0 Å². The summed E-state index contributed by atoms with van der Waals surface area (Å²) in [5, 5.41) is 21.1. The van der Waals surface area contributed by atoms with Crippen molar-refractivity contribution in [1.82, 2.24) is 25.3 Å². The first kappa shape index (κ1) is 26.8. The van der Waals surface area contributed by atoms with Crippen LogP contribution in [0.2, 0.25) is 0 Å². The molecule has 1 saturated heterocycles. The van der Waals surface area contributed by atoms with Gasteiger partial charge in [-0.2, -0.15) is 5.26 Å². The highest BCUT2D eigenvalue weighted by atomic mass is 35.5. The van der Waals surface area contributed by atoms with Crippen LogP contribution < -0.4 is 10.2 Å². The Kier molecular flexibility index (Phi) is 7.41. The van der Waals surface area contributed by atoms with E-state index in [1.165, 1.54) is 6.08 Å². The first-order chi connectivity index (χ1) is 18.7. The van der Waals surface area contributed by atoms with E-state index in [0.717, 1.165) is 30.6 Å². The van der Waals surface area contributed by atoms with Gasteiger partial charge in [-0.05, 0) is 74.6 Å². The van der Waals surface area contributed by atoms with Crippen molar-refractivity contribution in [3.05, 3.63) is 70.7 Å². The maximum absolute atomic E-state index is 12.8. The fourth-order valence-electron chi connectivity index (χ4n) is 5.77. The monoisotopic (exact) mass is 545 g/mol. The highest BCUT2D eigenvalue weighted by Crippen LogP contribution is 2.52. The number of fused-ring (bicyclic) bond motifs is 1. The minimum atomic E-state index is -0.265. The van der Waals surface area contributed by atoms with Gasteiger partial charge in [0.1, 0.15) is 5.82 Å². The summed E-state index contributed by atoms with van der Waals surface area (Å²) in [5.41, 5.74) is 2.67. The van der Waals surface area contributed by atoms with E-state index in [1.807, 2.05) is 26.0 Å². The molecule has 2 aromatic rings. The average Bonchev–Trinajstić information content (AvgIpc) is 3.23. The lowest BCUT2D eigenvalue weighted by Crippen LogP contribution is -2.44. The quantitative estimate of drug-likeness (QED) is 0.367. The molecule has 3 fully saturated rings. The molecule has 2 saturated carbocycles. The largest absolute Gasteiger partial charge is 0.348 e. The predicted octanol–water partition coefficient (Wildman–Crippen LogP) is 4.48. The third-order valence-corrected chi connectivity index (χ3v) is 8.63. The standard InChI is InChI=1S/C29H32ClN7O2/c1-5-21(30)7-6-19(13-31)10-20-11-22(12-20)33-28(38)25-15-37(35-34-25)18(4)23-8-9-26(32-17(23)3)36-14-24-16(2)27(24)29(36)39/h5-9,15-16,18,20,22,24,27H,1,10-12,14H2,2-4H3,(H,33,38)/b19-6+,21-7+/t16-,18?,20-,22+,24?,27?/m1/s1. The van der Waals surface area contributed by atoms with E-state index in [-0.39, 0.29) is 35.5 Å². The lowest BCUT2D eigenvalue weighted by atomic mass is 9.76. The van der Waals surface area contributed by atoms with Crippen molar-refractivity contribution in [1.29, 1.82) is 5.26 Å². The highest BCUT2D eigenvalue weighted by molar-refractivity contribution is 6.31. The van der Waals surface area contributed by atoms with Gasteiger partial charge in [0.25, 0.3) is 5.91 Å². The smallest absolute Gasteiger partial charge is 0.273 e. The molecule has 0 spiro atoms. The van der Waals surface area contributed by atoms with Crippen LogP contribution in [0.1, 0.15) is 60.9 Å². The number of pyridine rings is 1. The molecular weight excluding hydrogens is 514 g/mol. The summed E-state index contributed by atoms with van der Waals surface area (Å²) in [6.07, 6.45) is 8.79. The predicted molar refractivity (Wildman–Crippen MR) is 148 cm³/mol. The Morgan fingerprint density at radius 3 is 2.77 bits per heavy atom. The van der Waals surface area contributed by atoms with Crippen LogP contribution in [0.25, 0.3) is 0 Å². The van der Waals surface area contributed by atoms with Gasteiger partial charge in [0.2, 0.25) is 5.91 Å². The summed E-state index contributed by atoms with van der Waals surface area (Å²) in [6, 6.07) is 5.93. The van der Waals surface area contributed by atoms with Crippen LogP contribution in [0.4, 0.5) is 5.82 Å². The van der Waals surface area contributed by atoms with Crippen molar-refractivity contribution in [2.45, 2.75) is 52.1 Å². The third-order valence-electron chi connectivity index (χ3n) is 8.35. The zero-order valence-electron chi connectivity index (χ0n) is 22.3. The van der Waals surface area contributed by atoms with Gasteiger partial charge in [-0.1, -0.05) is 42.5 Å². The van der Waals surface area contributed by atoms with Crippen molar-refractivity contribution >= 4 is 29.2 Å². The number of rotatable bonds is 9. The van der Waals surface area contributed by atoms with E-state index in [0.29, 0.717) is 40.6 Å². The Labute approximate surface area is 233 Å². The number of piperidine rings is 1. The van der Waals surface area contributed by atoms with Crippen LogP contribution in [0.3, 0.4) is 0 Å². The van der Waals surface area contributed by atoms with E-state index in [1.54, 1.807) is 27.9 Å². The number of carbonyl (C=O) groups is 2. The molecule has 1 aliphatic heterocycles. The number of nitrogens with one attached hydrogen (secondary N) is 1. The number of allylic oxidation sites excluding steroid dienone is 5. The highest BCUT2D eigenvalue weighted by Gasteiger charge is 2.59. The van der Waals surface area contributed by atoms with Gasteiger partial charge in [0.05, 0.1) is 18.3 Å². The zero-order chi connectivity index (χ0) is 27.8. The number of carbonyl (C=O) groups excluding carboxylic acids is 2. The van der Waals surface area contributed by atoms with E-state index >= 15 is 0 Å². The molecule has 0 bridgehead atoms. The topological polar surface area (TPSA) is 117 Å². The van der Waals surface area contributed by atoms with Crippen molar-refractivity contribution in [3.8, 4) is 6.07 Å². The van der Waals surface area contributed by atoms with Crippen molar-refractivity contribution in [2.24, 2.45) is 23.7 Å². The molecule has 5 rings (SSSR count). The summed E-state index contributed by atoms with van der Waals surface area (Å²) in [5.74, 6) is 2.04. The number of hydrogen-bond donors (Lipinski definition) is 1. The molecule has 10 heteroatoms. The lowest BCUT2D eigenvalue weighted by molar-refractivity contribution is -0.119. The fourth-order valence-corrected chi connectivity index (χ4v) is 5.84. The van der Waals surface area contributed by atoms with E-state index < -0.39 is 0 Å². The van der Waals surface area contributed by atoms with Crippen LogP contribution in [0, 0.1) is 41.9 Å². The molecule has 0 radical (unpaired) electrons. The SMILES string of the molecule is C=C/C(Cl)=C\C=C(\C#N)C[C@H]1C[C@@H](NC(=O)c2cn(C(C)c3ccc(N4CC5C(C4=O)[C@@H]5C)nc3C)nn2)C1. The van der Waals surface area contributed by atoms with Gasteiger partial charge in [-0.3, -0.25) is 14.5 Å². The number of nitriles is 1. The molecule has 2 amide bonds. The molecule has 202 valence electrons. The first-order valence-corrected chi connectivity index (χ1v) is 13.7. The van der Waals surface area contributed by atoms with E-state index in [4.69, 9.17) is 16.6 Å². The minimum absolute atomic E-state index is 0.0404. The third kappa shape index (κ3) is 5.39. The molecule has 1 N–H and O–H groups in total. The van der Waals surface area contributed by atoms with Crippen LogP contribution in [-0.2, 0) is 4.79 Å². The number of hydrogen-bond acceptors (Lipinski definition) is 6. The normalized spacial score (nSPS) is 26.9. The fraction of sp³-hybridized carbons (Fsp3) is 0.448. The van der Waals surface area contributed by atoms with Crippen LogP contribution >= 0.6 is 11.6 Å². The van der Waals surface area contributed by atoms with Gasteiger partial charge in [0.15, 0.2) is 5.69 Å². The average molecular weight is 546 g/mol. The van der Waals surface area contributed by atoms with Gasteiger partial charge in [-0.25, -0.2) is 9.67 Å². The maximum Gasteiger partial charge on any atom is 0.273 e. The van der Waals surface area contributed by atoms with Crippen molar-refractivity contribution in [3.63, 3.8) is 0 Å². The van der Waals surface area contributed by atoms with Crippen molar-refractivity contribution in [2.75, 3.05) is 11.4 Å². The second-order valence-corrected chi connectivity index (χ2v) is 11.3. The Balaban J connectivity index is 1.15. The van der Waals surface area contributed by atoms with Crippen LogP contribution in [0.15, 0.2) is 53.7 Å². The molecule has 3 heterocycles. The summed E-state index contributed by atoms with van der Waals surface area (Å²) in [4.78, 5) is 31.9. The minimum Gasteiger partial charge on any atom is -0.348 e. The molecular formula is C29H32ClN7O2. The molecule has 9 nitrogen and oxygen atoms in total. The molecule has 4 atom stereocenters. The summed E-state index contributed by atoms with van der Waals surface area (Å²) in [6.45, 7) is 10.4. The lowest BCUT2D eigenvalue weighted by Gasteiger charge is -2.35. The second kappa shape index (κ2) is 10.8. The Hall–Kier alpha value is -3.77. The zero-order valence-corrected chi connectivity index (χ0v) is 23.1. The number of halogens is 1. The van der Waals surface area contributed by atoms with E-state index in [9.17, 15) is 14.9 Å². The van der Waals surface area contributed by atoms with E-state index in [2.05, 4.69) is 35.2 Å². The number of aromatic nitrogens is 4. The number of anilines is 1. The summed E-state index contributed by atoms with van der Waals surface area (Å²) in [7, 11) is 0. The van der Waals surface area contributed by atoms with Gasteiger partial charge >= 0.3 is 0 Å². The Bertz CT molecular complexity index is 1410. The maximum atomic E-state index is 12.8. The van der Waals surface area contributed by atoms with Crippen LogP contribution in [-0.4, -0.2) is 44.4 Å². The molecule has 39 heavy (non-hydrogen) atoms. The second-order valence-electron chi connectivity index (χ2n) is 10.9. The molecule has 3 aliphatic rings. The summed E-state index contributed by atoms with van der Waals surface area (Å²) < 4.78 is 1.66.